The fourth-order valence-electron chi connectivity index (χ4n) is 3.13. The minimum absolute atomic E-state index is 0.324. The monoisotopic (exact) mass is 329 g/mol. The zero-order chi connectivity index (χ0) is 17.5. The molecule has 6 heteroatoms. The first-order chi connectivity index (χ1) is 10.5. The Morgan fingerprint density at radius 2 is 1.74 bits per heavy atom. The van der Waals surface area contributed by atoms with Crippen molar-refractivity contribution in [1.82, 2.24) is 0 Å². The molecule has 1 saturated carbocycles. The van der Waals surface area contributed by atoms with Crippen LogP contribution in [-0.4, -0.2) is 11.6 Å². The summed E-state index contributed by atoms with van der Waals surface area (Å²) >= 11 is 0. The predicted octanol–water partition coefficient (Wildman–Crippen LogP) is 3.81. The second-order valence-corrected chi connectivity index (χ2v) is 7.05. The minimum Gasteiger partial charge on any atom is -0.545 e. The van der Waals surface area contributed by atoms with E-state index in [9.17, 15) is 23.1 Å². The van der Waals surface area contributed by atoms with Crippen molar-refractivity contribution in [1.29, 1.82) is 0 Å². The van der Waals surface area contributed by atoms with Gasteiger partial charge in [0.15, 0.2) is 0 Å². The summed E-state index contributed by atoms with van der Waals surface area (Å²) in [6.07, 6.45) is -1.58. The van der Waals surface area contributed by atoms with Crippen molar-refractivity contribution in [2.24, 2.45) is 5.41 Å². The van der Waals surface area contributed by atoms with Crippen LogP contribution < -0.4 is 9.84 Å². The number of aromatic carboxylic acids is 1. The van der Waals surface area contributed by atoms with E-state index >= 15 is 0 Å². The van der Waals surface area contributed by atoms with Crippen molar-refractivity contribution in [2.45, 2.75) is 58.2 Å². The summed E-state index contributed by atoms with van der Waals surface area (Å²) in [5, 5.41) is 11.0. The highest BCUT2D eigenvalue weighted by atomic mass is 19.4. The molecule has 3 nitrogen and oxygen atoms in total. The van der Waals surface area contributed by atoms with Crippen molar-refractivity contribution in [3.05, 3.63) is 29.3 Å². The number of carboxylic acids is 1. The number of carbonyl (C=O) groups excluding carboxylic acids is 1. The van der Waals surface area contributed by atoms with Gasteiger partial charge in [-0.25, -0.2) is 0 Å². The average molecular weight is 329 g/mol. The van der Waals surface area contributed by atoms with Crippen LogP contribution in [0.5, 0.6) is 5.75 Å². The minimum atomic E-state index is -4.61. The summed E-state index contributed by atoms with van der Waals surface area (Å²) in [6.45, 7) is 5.77. The predicted molar refractivity (Wildman–Crippen MR) is 77.1 cm³/mol. The lowest BCUT2D eigenvalue weighted by Crippen LogP contribution is -2.46. The molecule has 23 heavy (non-hydrogen) atoms. The highest BCUT2D eigenvalue weighted by molar-refractivity contribution is 5.86. The smallest absolute Gasteiger partial charge is 0.419 e. The highest BCUT2D eigenvalue weighted by Crippen LogP contribution is 2.48. The van der Waals surface area contributed by atoms with Crippen LogP contribution in [0.15, 0.2) is 18.2 Å². The third-order valence-corrected chi connectivity index (χ3v) is 4.61. The summed E-state index contributed by atoms with van der Waals surface area (Å²) in [4.78, 5) is 11.0. The van der Waals surface area contributed by atoms with Crippen LogP contribution in [0.4, 0.5) is 13.2 Å². The van der Waals surface area contributed by atoms with Gasteiger partial charge in [0.1, 0.15) is 11.4 Å². The summed E-state index contributed by atoms with van der Waals surface area (Å²) in [5.74, 6) is -1.96. The van der Waals surface area contributed by atoms with Crippen LogP contribution in [0, 0.1) is 5.41 Å². The fourth-order valence-corrected chi connectivity index (χ4v) is 3.13. The zero-order valence-corrected chi connectivity index (χ0v) is 13.4. The molecule has 0 aliphatic heterocycles. The van der Waals surface area contributed by atoms with E-state index in [0.717, 1.165) is 31.0 Å². The van der Waals surface area contributed by atoms with Crippen molar-refractivity contribution in [3.8, 4) is 5.75 Å². The van der Waals surface area contributed by atoms with Crippen LogP contribution in [0.3, 0.4) is 0 Å². The lowest BCUT2D eigenvalue weighted by atomic mass is 9.75. The topological polar surface area (TPSA) is 49.4 Å². The van der Waals surface area contributed by atoms with E-state index in [4.69, 9.17) is 4.74 Å². The number of carbonyl (C=O) groups is 1. The Balaban J connectivity index is 2.52. The maximum absolute atomic E-state index is 13.2. The van der Waals surface area contributed by atoms with Gasteiger partial charge >= 0.3 is 6.18 Å². The number of benzene rings is 1. The van der Waals surface area contributed by atoms with Crippen LogP contribution in [0.1, 0.15) is 62.4 Å². The lowest BCUT2D eigenvalue weighted by Gasteiger charge is -2.42. The lowest BCUT2D eigenvalue weighted by molar-refractivity contribution is -0.255. The molecule has 2 rings (SSSR count). The molecule has 1 aliphatic rings. The molecule has 128 valence electrons. The van der Waals surface area contributed by atoms with E-state index in [-0.39, 0.29) is 11.0 Å². The molecule has 1 fully saturated rings. The Hall–Kier alpha value is -1.72. The van der Waals surface area contributed by atoms with E-state index in [0.29, 0.717) is 12.8 Å². The molecule has 1 aromatic rings. The SMILES string of the molecule is CC(C)(C)C1(Oc2cc(C(=O)[O-])ccc2C(F)(F)F)CCCC1. The van der Waals surface area contributed by atoms with Gasteiger partial charge in [0.25, 0.3) is 0 Å². The van der Waals surface area contributed by atoms with Crippen molar-refractivity contribution in [2.75, 3.05) is 0 Å². The van der Waals surface area contributed by atoms with Gasteiger partial charge < -0.3 is 14.6 Å². The number of hydrogen-bond acceptors (Lipinski definition) is 3. The molecule has 0 atom stereocenters. The van der Waals surface area contributed by atoms with Crippen molar-refractivity contribution < 1.29 is 27.8 Å². The van der Waals surface area contributed by atoms with Crippen LogP contribution in [0.2, 0.25) is 0 Å². The largest absolute Gasteiger partial charge is 0.545 e. The number of ether oxygens (including phenoxy) is 1. The van der Waals surface area contributed by atoms with Gasteiger partial charge in [0.2, 0.25) is 0 Å². The molecule has 0 bridgehead atoms. The quantitative estimate of drug-likeness (QED) is 0.847. The Labute approximate surface area is 133 Å². The van der Waals surface area contributed by atoms with Gasteiger partial charge in [0, 0.05) is 11.0 Å². The highest BCUT2D eigenvalue weighted by Gasteiger charge is 2.47. The molecule has 0 aromatic heterocycles. The molecule has 0 amide bonds. The molecule has 0 unspecified atom stereocenters. The van der Waals surface area contributed by atoms with Gasteiger partial charge in [-0.15, -0.1) is 0 Å². The summed E-state index contributed by atoms with van der Waals surface area (Å²) in [7, 11) is 0. The first-order valence-corrected chi connectivity index (χ1v) is 7.58. The summed E-state index contributed by atoms with van der Waals surface area (Å²) in [6, 6.07) is 2.55. The fraction of sp³-hybridized carbons (Fsp3) is 0.588. The number of hydrogen-bond donors (Lipinski definition) is 0. The molecular formula is C17H20F3O3-. The Kier molecular flexibility index (Phi) is 4.39. The van der Waals surface area contributed by atoms with Gasteiger partial charge in [-0.1, -0.05) is 26.8 Å². The van der Waals surface area contributed by atoms with Crippen molar-refractivity contribution >= 4 is 5.97 Å². The van der Waals surface area contributed by atoms with E-state index in [2.05, 4.69) is 0 Å². The van der Waals surface area contributed by atoms with E-state index in [1.54, 1.807) is 0 Å². The van der Waals surface area contributed by atoms with Crippen molar-refractivity contribution in [3.63, 3.8) is 0 Å². The molecule has 1 aliphatic carbocycles. The maximum Gasteiger partial charge on any atom is 0.419 e. The Morgan fingerprint density at radius 3 is 2.17 bits per heavy atom. The van der Waals surface area contributed by atoms with Crippen LogP contribution >= 0.6 is 0 Å². The van der Waals surface area contributed by atoms with E-state index in [1.165, 1.54) is 0 Å². The molecule has 0 saturated heterocycles. The second kappa shape index (κ2) is 5.73. The second-order valence-electron chi connectivity index (χ2n) is 7.05. The molecule has 1 aromatic carbocycles. The molecule has 0 spiro atoms. The van der Waals surface area contributed by atoms with E-state index in [1.807, 2.05) is 20.8 Å². The Morgan fingerprint density at radius 1 is 1.17 bits per heavy atom. The standard InChI is InChI=1S/C17H21F3O3/c1-15(2,3)16(8-4-5-9-16)23-13-10-11(14(21)22)6-7-12(13)17(18,19)20/h6-7,10H,4-5,8-9H2,1-3H3,(H,21,22)/p-1. The number of rotatable bonds is 3. The molecular weight excluding hydrogens is 309 g/mol. The summed E-state index contributed by atoms with van der Waals surface area (Å²) < 4.78 is 45.6. The first-order valence-electron chi connectivity index (χ1n) is 7.58. The van der Waals surface area contributed by atoms with Gasteiger partial charge in [-0.3, -0.25) is 0 Å². The third-order valence-electron chi connectivity index (χ3n) is 4.61. The number of alkyl halides is 3. The van der Waals surface area contributed by atoms with Crippen LogP contribution in [-0.2, 0) is 6.18 Å². The Bertz CT molecular complexity index is 594. The van der Waals surface area contributed by atoms with Gasteiger partial charge in [0.05, 0.1) is 11.5 Å². The number of halogens is 3. The summed E-state index contributed by atoms with van der Waals surface area (Å²) in [5.41, 5.74) is -2.39. The third kappa shape index (κ3) is 3.46. The normalized spacial score (nSPS) is 18.0. The average Bonchev–Trinajstić information content (AvgIpc) is 2.86. The van der Waals surface area contributed by atoms with Crippen LogP contribution in [0.25, 0.3) is 0 Å². The molecule has 0 radical (unpaired) electrons. The van der Waals surface area contributed by atoms with Gasteiger partial charge in [-0.05, 0) is 37.8 Å². The van der Waals surface area contributed by atoms with E-state index < -0.39 is 29.1 Å². The number of carboxylic acid groups (broad SMARTS) is 1. The van der Waals surface area contributed by atoms with Gasteiger partial charge in [-0.2, -0.15) is 13.2 Å². The maximum atomic E-state index is 13.2. The zero-order valence-electron chi connectivity index (χ0n) is 13.4. The molecule has 0 heterocycles. The molecule has 0 N–H and O–H groups in total. The first kappa shape index (κ1) is 17.6.